The minimum atomic E-state index is -0.264. The number of pyridine rings is 2. The van der Waals surface area contributed by atoms with Crippen molar-refractivity contribution in [1.82, 2.24) is 9.97 Å². The smallest absolute Gasteiger partial charge is 0.257 e. The van der Waals surface area contributed by atoms with Crippen LogP contribution in [0.15, 0.2) is 34.9 Å². The molecule has 2 heterocycles. The molecule has 0 atom stereocenters. The van der Waals surface area contributed by atoms with Gasteiger partial charge in [0.2, 0.25) is 0 Å². The summed E-state index contributed by atoms with van der Waals surface area (Å²) in [4.78, 5) is 20.5. The number of nitrogens with zero attached hydrogens (tertiary/aromatic N) is 2. The van der Waals surface area contributed by atoms with Gasteiger partial charge in [0.25, 0.3) is 5.91 Å². The molecule has 0 aliphatic heterocycles. The lowest BCUT2D eigenvalue weighted by Crippen LogP contribution is -2.15. The number of nitrogens with two attached hydrogens (primary N) is 1. The van der Waals surface area contributed by atoms with Gasteiger partial charge in [0.1, 0.15) is 11.6 Å². The number of hydrogen-bond acceptors (Lipinski definition) is 4. The van der Waals surface area contributed by atoms with Gasteiger partial charge in [0, 0.05) is 17.5 Å². The number of hydrogen-bond donors (Lipinski definition) is 2. The van der Waals surface area contributed by atoms with Crippen molar-refractivity contribution in [3.05, 3.63) is 46.2 Å². The van der Waals surface area contributed by atoms with Crippen molar-refractivity contribution < 1.29 is 4.79 Å². The molecule has 0 aliphatic carbocycles. The van der Waals surface area contributed by atoms with Crippen LogP contribution >= 0.6 is 15.9 Å². The molecule has 3 N–H and O–H groups in total. The SMILES string of the molecule is CC(C)c1cc(C(=O)Nc2ncccc2Br)cc(N)n1. The lowest BCUT2D eigenvalue weighted by molar-refractivity contribution is 0.102. The molecule has 0 spiro atoms. The van der Waals surface area contributed by atoms with Crippen molar-refractivity contribution in [2.45, 2.75) is 19.8 Å². The van der Waals surface area contributed by atoms with Gasteiger partial charge in [0.15, 0.2) is 0 Å². The Morgan fingerprint density at radius 2 is 2.15 bits per heavy atom. The van der Waals surface area contributed by atoms with Crippen LogP contribution in [-0.2, 0) is 0 Å². The molecule has 2 rings (SSSR count). The van der Waals surface area contributed by atoms with Crippen molar-refractivity contribution in [3.63, 3.8) is 0 Å². The first-order valence-electron chi connectivity index (χ1n) is 6.16. The molecule has 0 saturated heterocycles. The molecular weight excluding hydrogens is 320 g/mol. The lowest BCUT2D eigenvalue weighted by Gasteiger charge is -2.10. The van der Waals surface area contributed by atoms with Gasteiger partial charge in [0.05, 0.1) is 4.47 Å². The molecule has 0 unspecified atom stereocenters. The van der Waals surface area contributed by atoms with E-state index >= 15 is 0 Å². The Bertz CT molecular complexity index is 643. The van der Waals surface area contributed by atoms with Gasteiger partial charge >= 0.3 is 0 Å². The number of rotatable bonds is 3. The Balaban J connectivity index is 2.28. The van der Waals surface area contributed by atoms with Crippen LogP contribution in [-0.4, -0.2) is 15.9 Å². The summed E-state index contributed by atoms with van der Waals surface area (Å²) < 4.78 is 0.722. The van der Waals surface area contributed by atoms with Gasteiger partial charge in [-0.15, -0.1) is 0 Å². The summed E-state index contributed by atoms with van der Waals surface area (Å²) in [5.41, 5.74) is 7.00. The van der Waals surface area contributed by atoms with Crippen molar-refractivity contribution in [2.24, 2.45) is 0 Å². The molecule has 0 saturated carbocycles. The third-order valence-electron chi connectivity index (χ3n) is 2.71. The summed E-state index contributed by atoms with van der Waals surface area (Å²) in [5.74, 6) is 0.743. The number of aromatic nitrogens is 2. The van der Waals surface area contributed by atoms with Crippen LogP contribution in [0.4, 0.5) is 11.6 Å². The molecule has 5 nitrogen and oxygen atoms in total. The minimum absolute atomic E-state index is 0.201. The van der Waals surface area contributed by atoms with E-state index in [1.54, 1.807) is 24.4 Å². The first kappa shape index (κ1) is 14.5. The zero-order valence-corrected chi connectivity index (χ0v) is 12.8. The minimum Gasteiger partial charge on any atom is -0.384 e. The Kier molecular flexibility index (Phi) is 4.34. The summed E-state index contributed by atoms with van der Waals surface area (Å²) in [6.07, 6.45) is 1.61. The van der Waals surface area contributed by atoms with Crippen LogP contribution in [0.2, 0.25) is 0 Å². The van der Waals surface area contributed by atoms with Crippen molar-refractivity contribution in [2.75, 3.05) is 11.1 Å². The molecule has 0 aliphatic rings. The topological polar surface area (TPSA) is 80.9 Å². The maximum atomic E-state index is 12.2. The van der Waals surface area contributed by atoms with E-state index in [-0.39, 0.29) is 11.8 Å². The van der Waals surface area contributed by atoms with Gasteiger partial charge in [-0.3, -0.25) is 4.79 Å². The molecule has 20 heavy (non-hydrogen) atoms. The van der Waals surface area contributed by atoms with E-state index in [9.17, 15) is 4.79 Å². The molecule has 2 aromatic heterocycles. The number of nitrogens with one attached hydrogen (secondary N) is 1. The Labute approximate surface area is 125 Å². The van der Waals surface area contributed by atoms with E-state index in [1.807, 2.05) is 19.9 Å². The van der Waals surface area contributed by atoms with Gasteiger partial charge in [-0.05, 0) is 46.1 Å². The summed E-state index contributed by atoms with van der Waals surface area (Å²) in [5, 5.41) is 2.74. The van der Waals surface area contributed by atoms with Crippen LogP contribution in [0, 0.1) is 0 Å². The van der Waals surface area contributed by atoms with E-state index < -0.39 is 0 Å². The highest BCUT2D eigenvalue weighted by atomic mass is 79.9. The lowest BCUT2D eigenvalue weighted by atomic mass is 10.1. The van der Waals surface area contributed by atoms with E-state index in [4.69, 9.17) is 5.73 Å². The highest BCUT2D eigenvalue weighted by Crippen LogP contribution is 2.20. The third-order valence-corrected chi connectivity index (χ3v) is 3.35. The van der Waals surface area contributed by atoms with E-state index in [0.29, 0.717) is 17.2 Å². The second kappa shape index (κ2) is 6.00. The normalized spacial score (nSPS) is 10.6. The molecular formula is C14H15BrN4O. The first-order valence-corrected chi connectivity index (χ1v) is 6.96. The second-order valence-electron chi connectivity index (χ2n) is 4.65. The van der Waals surface area contributed by atoms with Gasteiger partial charge in [-0.2, -0.15) is 0 Å². The van der Waals surface area contributed by atoms with Crippen molar-refractivity contribution in [3.8, 4) is 0 Å². The molecule has 0 aromatic carbocycles. The first-order chi connectivity index (χ1) is 9.47. The Morgan fingerprint density at radius 3 is 2.80 bits per heavy atom. The zero-order valence-electron chi connectivity index (χ0n) is 11.2. The van der Waals surface area contributed by atoms with Crippen molar-refractivity contribution >= 4 is 33.5 Å². The highest BCUT2D eigenvalue weighted by molar-refractivity contribution is 9.10. The number of carbonyl (C=O) groups is 1. The van der Waals surface area contributed by atoms with Gasteiger partial charge in [-0.1, -0.05) is 13.8 Å². The van der Waals surface area contributed by atoms with Crippen LogP contribution in [0.5, 0.6) is 0 Å². The van der Waals surface area contributed by atoms with Crippen LogP contribution < -0.4 is 11.1 Å². The van der Waals surface area contributed by atoms with E-state index in [1.165, 1.54) is 0 Å². The predicted octanol–water partition coefficient (Wildman–Crippen LogP) is 3.20. The summed E-state index contributed by atoms with van der Waals surface area (Å²) >= 11 is 3.34. The Hall–Kier alpha value is -1.95. The van der Waals surface area contributed by atoms with Gasteiger partial charge in [-0.25, -0.2) is 9.97 Å². The highest BCUT2D eigenvalue weighted by Gasteiger charge is 2.12. The molecule has 0 radical (unpaired) electrons. The van der Waals surface area contributed by atoms with Crippen LogP contribution in [0.3, 0.4) is 0 Å². The molecule has 0 fully saturated rings. The monoisotopic (exact) mass is 334 g/mol. The molecule has 6 heteroatoms. The Morgan fingerprint density at radius 1 is 1.40 bits per heavy atom. The summed E-state index contributed by atoms with van der Waals surface area (Å²) in [7, 11) is 0. The molecule has 104 valence electrons. The third kappa shape index (κ3) is 3.33. The predicted molar refractivity (Wildman–Crippen MR) is 82.6 cm³/mol. The summed E-state index contributed by atoms with van der Waals surface area (Å²) in [6.45, 7) is 4.00. The van der Waals surface area contributed by atoms with E-state index in [2.05, 4.69) is 31.2 Å². The standard InChI is InChI=1S/C14H15BrN4O/c1-8(2)11-6-9(7-12(16)18-11)14(20)19-13-10(15)4-3-5-17-13/h3-8H,1-2H3,(H2,16,18)(H,17,19,20). The average Bonchev–Trinajstić information content (AvgIpc) is 2.40. The number of amides is 1. The zero-order chi connectivity index (χ0) is 14.7. The second-order valence-corrected chi connectivity index (χ2v) is 5.50. The average molecular weight is 335 g/mol. The van der Waals surface area contributed by atoms with Crippen LogP contribution in [0.25, 0.3) is 0 Å². The van der Waals surface area contributed by atoms with E-state index in [0.717, 1.165) is 10.2 Å². The van der Waals surface area contributed by atoms with Gasteiger partial charge < -0.3 is 11.1 Å². The summed E-state index contributed by atoms with van der Waals surface area (Å²) in [6, 6.07) is 6.88. The fourth-order valence-corrected chi connectivity index (χ4v) is 2.01. The number of halogens is 1. The van der Waals surface area contributed by atoms with Crippen LogP contribution in [0.1, 0.15) is 35.8 Å². The largest absolute Gasteiger partial charge is 0.384 e. The molecule has 1 amide bonds. The fraction of sp³-hybridized carbons (Fsp3) is 0.214. The maximum Gasteiger partial charge on any atom is 0.257 e. The molecule has 0 bridgehead atoms. The fourth-order valence-electron chi connectivity index (χ4n) is 1.66. The maximum absolute atomic E-state index is 12.2. The number of carbonyl (C=O) groups excluding carboxylic acids is 1. The molecule has 2 aromatic rings. The number of anilines is 2. The van der Waals surface area contributed by atoms with Crippen molar-refractivity contribution in [1.29, 1.82) is 0 Å². The number of nitrogen functional groups attached to an aromatic ring is 1. The quantitative estimate of drug-likeness (QED) is 0.903.